The van der Waals surface area contributed by atoms with Crippen LogP contribution in [0.2, 0.25) is 0 Å². The average molecular weight is 235 g/mol. The average Bonchev–Trinajstić information content (AvgIpc) is 2.69. The van der Waals surface area contributed by atoms with Crippen LogP contribution in [0.5, 0.6) is 5.75 Å². The summed E-state index contributed by atoms with van der Waals surface area (Å²) in [5.74, 6) is 1.33. The van der Waals surface area contributed by atoms with Crippen LogP contribution in [-0.2, 0) is 13.2 Å². The highest BCUT2D eigenvalue weighted by Crippen LogP contribution is 2.20. The molecule has 1 heterocycles. The normalized spacial score (nSPS) is 10.5. The summed E-state index contributed by atoms with van der Waals surface area (Å²) in [6.07, 6.45) is 0. The first-order chi connectivity index (χ1) is 8.20. The van der Waals surface area contributed by atoms with E-state index in [9.17, 15) is 4.39 Å². The smallest absolute Gasteiger partial charge is 0.165 e. The minimum absolute atomic E-state index is 0.238. The van der Waals surface area contributed by atoms with Crippen LogP contribution in [0, 0.1) is 12.7 Å². The predicted octanol–water partition coefficient (Wildman–Crippen LogP) is 2.76. The van der Waals surface area contributed by atoms with Crippen LogP contribution in [0.4, 0.5) is 4.39 Å². The minimum atomic E-state index is -0.368. The summed E-state index contributed by atoms with van der Waals surface area (Å²) in [7, 11) is 0. The summed E-state index contributed by atoms with van der Waals surface area (Å²) in [5, 5.41) is 0. The highest BCUT2D eigenvalue weighted by atomic mass is 19.1. The fourth-order valence-electron chi connectivity index (χ4n) is 1.55. The molecule has 0 atom stereocenters. The Morgan fingerprint density at radius 2 is 2.12 bits per heavy atom. The number of ether oxygens (including phenoxy) is 1. The van der Waals surface area contributed by atoms with Crippen molar-refractivity contribution in [3.05, 3.63) is 53.2 Å². The van der Waals surface area contributed by atoms with Crippen molar-refractivity contribution in [1.82, 2.24) is 0 Å². The van der Waals surface area contributed by atoms with Gasteiger partial charge >= 0.3 is 0 Å². The molecule has 0 unspecified atom stereocenters. The molecule has 0 aliphatic rings. The van der Waals surface area contributed by atoms with Gasteiger partial charge in [-0.05, 0) is 25.1 Å². The van der Waals surface area contributed by atoms with Crippen molar-refractivity contribution < 1.29 is 13.5 Å². The molecule has 0 bridgehead atoms. The van der Waals surface area contributed by atoms with Gasteiger partial charge in [0.1, 0.15) is 18.1 Å². The van der Waals surface area contributed by atoms with Crippen molar-refractivity contribution in [3.8, 4) is 5.75 Å². The third-order valence-electron chi connectivity index (χ3n) is 2.49. The molecule has 2 rings (SSSR count). The van der Waals surface area contributed by atoms with Gasteiger partial charge < -0.3 is 14.9 Å². The van der Waals surface area contributed by atoms with Crippen LogP contribution < -0.4 is 10.5 Å². The Balaban J connectivity index is 2.07. The lowest BCUT2D eigenvalue weighted by Crippen LogP contribution is -1.97. The number of aryl methyl sites for hydroxylation is 1. The summed E-state index contributed by atoms with van der Waals surface area (Å²) in [6, 6.07) is 8.14. The molecule has 2 aromatic rings. The van der Waals surface area contributed by atoms with Crippen molar-refractivity contribution in [2.45, 2.75) is 20.1 Å². The standard InChI is InChI=1S/C13H14FNO2/c1-9-10(6-11(7-15)17-9)8-16-13-5-3-2-4-12(13)14/h2-6H,7-8,15H2,1H3. The summed E-state index contributed by atoms with van der Waals surface area (Å²) < 4.78 is 24.1. The van der Waals surface area contributed by atoms with Crippen LogP contribution in [0.3, 0.4) is 0 Å². The molecule has 0 aliphatic heterocycles. The van der Waals surface area contributed by atoms with E-state index in [1.807, 2.05) is 13.0 Å². The van der Waals surface area contributed by atoms with E-state index in [1.165, 1.54) is 6.07 Å². The zero-order chi connectivity index (χ0) is 12.3. The van der Waals surface area contributed by atoms with Crippen LogP contribution in [0.1, 0.15) is 17.1 Å². The van der Waals surface area contributed by atoms with Gasteiger partial charge in [-0.15, -0.1) is 0 Å². The lowest BCUT2D eigenvalue weighted by molar-refractivity contribution is 0.287. The van der Waals surface area contributed by atoms with Gasteiger partial charge in [-0.25, -0.2) is 4.39 Å². The Bertz CT molecular complexity index is 508. The topological polar surface area (TPSA) is 48.4 Å². The van der Waals surface area contributed by atoms with Gasteiger partial charge in [-0.1, -0.05) is 12.1 Å². The number of rotatable bonds is 4. The summed E-state index contributed by atoms with van der Waals surface area (Å²) >= 11 is 0. The quantitative estimate of drug-likeness (QED) is 0.886. The van der Waals surface area contributed by atoms with Crippen LogP contribution in [0.25, 0.3) is 0 Å². The van der Waals surface area contributed by atoms with Crippen molar-refractivity contribution in [3.63, 3.8) is 0 Å². The largest absolute Gasteiger partial charge is 0.486 e. The third kappa shape index (κ3) is 2.65. The Kier molecular flexibility index (Phi) is 3.44. The highest BCUT2D eigenvalue weighted by molar-refractivity contribution is 5.25. The molecule has 1 aromatic heterocycles. The number of hydrogen-bond donors (Lipinski definition) is 1. The Labute approximate surface area is 99.0 Å². The molecule has 0 fully saturated rings. The summed E-state index contributed by atoms with van der Waals surface area (Å²) in [4.78, 5) is 0. The molecular formula is C13H14FNO2. The van der Waals surface area contributed by atoms with Gasteiger partial charge in [0.05, 0.1) is 6.54 Å². The van der Waals surface area contributed by atoms with Gasteiger partial charge in [-0.2, -0.15) is 0 Å². The Morgan fingerprint density at radius 1 is 1.35 bits per heavy atom. The van der Waals surface area contributed by atoms with Crippen molar-refractivity contribution in [2.24, 2.45) is 5.73 Å². The van der Waals surface area contributed by atoms with Gasteiger partial charge in [0.15, 0.2) is 11.6 Å². The monoisotopic (exact) mass is 235 g/mol. The molecule has 0 spiro atoms. The molecule has 3 nitrogen and oxygen atoms in total. The maximum atomic E-state index is 13.3. The molecule has 1 aromatic carbocycles. The lowest BCUT2D eigenvalue weighted by Gasteiger charge is -2.05. The van der Waals surface area contributed by atoms with E-state index in [1.54, 1.807) is 18.2 Å². The predicted molar refractivity (Wildman–Crippen MR) is 62.1 cm³/mol. The van der Waals surface area contributed by atoms with E-state index in [0.717, 1.165) is 11.3 Å². The van der Waals surface area contributed by atoms with Crippen LogP contribution in [-0.4, -0.2) is 0 Å². The molecule has 4 heteroatoms. The van der Waals surface area contributed by atoms with E-state index < -0.39 is 0 Å². The molecule has 0 saturated heterocycles. The van der Waals surface area contributed by atoms with Crippen molar-refractivity contribution in [2.75, 3.05) is 0 Å². The maximum Gasteiger partial charge on any atom is 0.165 e. The van der Waals surface area contributed by atoms with Gasteiger partial charge in [0.2, 0.25) is 0 Å². The van der Waals surface area contributed by atoms with Gasteiger partial charge in [-0.3, -0.25) is 0 Å². The first-order valence-corrected chi connectivity index (χ1v) is 5.36. The second kappa shape index (κ2) is 5.01. The summed E-state index contributed by atoms with van der Waals surface area (Å²) in [5.41, 5.74) is 6.35. The van der Waals surface area contributed by atoms with Crippen LogP contribution in [0.15, 0.2) is 34.7 Å². The molecule has 90 valence electrons. The molecule has 0 amide bonds. The van der Waals surface area contributed by atoms with Gasteiger partial charge in [0, 0.05) is 5.56 Å². The second-order valence-electron chi connectivity index (χ2n) is 3.72. The lowest BCUT2D eigenvalue weighted by atomic mass is 10.2. The third-order valence-corrected chi connectivity index (χ3v) is 2.49. The molecule has 17 heavy (non-hydrogen) atoms. The molecule has 0 aliphatic carbocycles. The Morgan fingerprint density at radius 3 is 2.76 bits per heavy atom. The van der Waals surface area contributed by atoms with Crippen molar-refractivity contribution in [1.29, 1.82) is 0 Å². The Hall–Kier alpha value is -1.81. The first-order valence-electron chi connectivity index (χ1n) is 5.36. The van der Waals surface area contributed by atoms with E-state index in [0.29, 0.717) is 12.3 Å². The molecule has 2 N–H and O–H groups in total. The zero-order valence-electron chi connectivity index (χ0n) is 9.57. The fourth-order valence-corrected chi connectivity index (χ4v) is 1.55. The van der Waals surface area contributed by atoms with Crippen molar-refractivity contribution >= 4 is 0 Å². The molecule has 0 radical (unpaired) electrons. The van der Waals surface area contributed by atoms with E-state index in [4.69, 9.17) is 14.9 Å². The second-order valence-corrected chi connectivity index (χ2v) is 3.72. The fraction of sp³-hybridized carbons (Fsp3) is 0.231. The number of nitrogens with two attached hydrogens (primary N) is 1. The van der Waals surface area contributed by atoms with E-state index >= 15 is 0 Å². The van der Waals surface area contributed by atoms with Crippen LogP contribution >= 0.6 is 0 Å². The maximum absolute atomic E-state index is 13.3. The SMILES string of the molecule is Cc1oc(CN)cc1COc1ccccc1F. The highest BCUT2D eigenvalue weighted by Gasteiger charge is 2.08. The first kappa shape index (κ1) is 11.7. The summed E-state index contributed by atoms with van der Waals surface area (Å²) in [6.45, 7) is 2.45. The van der Waals surface area contributed by atoms with E-state index in [2.05, 4.69) is 0 Å². The molecular weight excluding hydrogens is 221 g/mol. The number of furan rings is 1. The number of para-hydroxylation sites is 1. The zero-order valence-corrected chi connectivity index (χ0v) is 9.57. The van der Waals surface area contributed by atoms with Gasteiger partial charge in [0.25, 0.3) is 0 Å². The minimum Gasteiger partial charge on any atom is -0.486 e. The number of hydrogen-bond acceptors (Lipinski definition) is 3. The number of benzene rings is 1. The molecule has 0 saturated carbocycles. The van der Waals surface area contributed by atoms with E-state index in [-0.39, 0.29) is 18.2 Å². The number of halogens is 1.